The number of benzene rings is 3. The first-order chi connectivity index (χ1) is 11.3. The van der Waals surface area contributed by atoms with E-state index in [0.29, 0.717) is 11.3 Å². The lowest BCUT2D eigenvalue weighted by molar-refractivity contribution is 0.417. The van der Waals surface area contributed by atoms with Crippen LogP contribution >= 0.6 is 0 Å². The van der Waals surface area contributed by atoms with Gasteiger partial charge >= 0.3 is 0 Å². The summed E-state index contributed by atoms with van der Waals surface area (Å²) in [6.45, 7) is 0. The summed E-state index contributed by atoms with van der Waals surface area (Å²) < 4.78 is 20.1. The molecule has 3 aromatic carbocycles. The molecule has 0 spiro atoms. The van der Waals surface area contributed by atoms with Crippen molar-refractivity contribution < 1.29 is 9.13 Å². The Morgan fingerprint density at radius 2 is 1.52 bits per heavy atom. The third-order valence-corrected chi connectivity index (χ3v) is 4.08. The summed E-state index contributed by atoms with van der Waals surface area (Å²) in [5, 5.41) is 3.85. The quantitative estimate of drug-likeness (QED) is 0.507. The Morgan fingerprint density at radius 3 is 2.30 bits per heavy atom. The van der Waals surface area contributed by atoms with Crippen LogP contribution in [-0.2, 0) is 0 Å². The number of hydrogen-bond donors (Lipinski definition) is 0. The molecule has 4 rings (SSSR count). The van der Waals surface area contributed by atoms with E-state index in [-0.39, 0.29) is 5.82 Å². The van der Waals surface area contributed by atoms with Crippen LogP contribution in [0.1, 0.15) is 0 Å². The maximum absolute atomic E-state index is 14.6. The van der Waals surface area contributed by atoms with Crippen LogP contribution in [0.5, 0.6) is 5.75 Å². The van der Waals surface area contributed by atoms with Gasteiger partial charge < -0.3 is 4.74 Å². The van der Waals surface area contributed by atoms with Gasteiger partial charge in [-0.2, -0.15) is 0 Å². The third-order valence-electron chi connectivity index (χ3n) is 4.08. The first kappa shape index (κ1) is 13.7. The van der Waals surface area contributed by atoms with Gasteiger partial charge in [0.2, 0.25) is 0 Å². The molecule has 2 nitrogen and oxygen atoms in total. The van der Waals surface area contributed by atoms with Crippen molar-refractivity contribution in [3.63, 3.8) is 0 Å². The minimum Gasteiger partial charge on any atom is -0.496 e. The number of fused-ring (bicyclic) bond motifs is 2. The predicted octanol–water partition coefficient (Wildman–Crippen LogP) is 5.20. The molecule has 23 heavy (non-hydrogen) atoms. The fourth-order valence-electron chi connectivity index (χ4n) is 2.91. The van der Waals surface area contributed by atoms with E-state index in [1.807, 2.05) is 42.5 Å². The van der Waals surface area contributed by atoms with E-state index in [0.717, 1.165) is 27.1 Å². The Morgan fingerprint density at radius 1 is 0.826 bits per heavy atom. The molecule has 0 N–H and O–H groups in total. The number of ether oxygens (including phenoxy) is 1. The normalized spacial score (nSPS) is 11.0. The van der Waals surface area contributed by atoms with Gasteiger partial charge in [0.05, 0.1) is 7.11 Å². The SMILES string of the molecule is COc1cc2ccccc2cc1-c1cc2cnccc2cc1F. The van der Waals surface area contributed by atoms with Crippen LogP contribution in [0.4, 0.5) is 4.39 Å². The average molecular weight is 303 g/mol. The Balaban J connectivity index is 2.02. The van der Waals surface area contributed by atoms with Gasteiger partial charge in [-0.15, -0.1) is 0 Å². The molecule has 1 aromatic heterocycles. The molecule has 0 aliphatic carbocycles. The Kier molecular flexibility index (Phi) is 3.19. The van der Waals surface area contributed by atoms with E-state index in [1.165, 1.54) is 0 Å². The molecule has 0 aliphatic rings. The van der Waals surface area contributed by atoms with Gasteiger partial charge in [0.15, 0.2) is 0 Å². The van der Waals surface area contributed by atoms with Crippen molar-refractivity contribution in [1.82, 2.24) is 4.98 Å². The molecule has 1 heterocycles. The molecule has 3 heteroatoms. The van der Waals surface area contributed by atoms with Crippen molar-refractivity contribution in [2.24, 2.45) is 0 Å². The van der Waals surface area contributed by atoms with E-state index >= 15 is 0 Å². The highest BCUT2D eigenvalue weighted by molar-refractivity contribution is 5.93. The van der Waals surface area contributed by atoms with Gasteiger partial charge in [-0.3, -0.25) is 4.98 Å². The Hall–Kier alpha value is -2.94. The van der Waals surface area contributed by atoms with E-state index < -0.39 is 0 Å². The first-order valence-corrected chi connectivity index (χ1v) is 7.37. The summed E-state index contributed by atoms with van der Waals surface area (Å²) in [5.74, 6) is 0.392. The maximum Gasteiger partial charge on any atom is 0.131 e. The second-order valence-corrected chi connectivity index (χ2v) is 5.45. The Bertz CT molecular complexity index is 1030. The van der Waals surface area contributed by atoms with Crippen molar-refractivity contribution in [2.75, 3.05) is 7.11 Å². The maximum atomic E-state index is 14.6. The molecular weight excluding hydrogens is 289 g/mol. The lowest BCUT2D eigenvalue weighted by Crippen LogP contribution is -1.92. The van der Waals surface area contributed by atoms with Crippen LogP contribution in [0, 0.1) is 5.82 Å². The van der Waals surface area contributed by atoms with Crippen molar-refractivity contribution in [1.29, 1.82) is 0 Å². The number of hydrogen-bond acceptors (Lipinski definition) is 2. The molecule has 0 fully saturated rings. The highest BCUT2D eigenvalue weighted by Gasteiger charge is 2.13. The number of nitrogens with zero attached hydrogens (tertiary/aromatic N) is 1. The van der Waals surface area contributed by atoms with Crippen molar-refractivity contribution >= 4 is 21.5 Å². The van der Waals surface area contributed by atoms with Crippen molar-refractivity contribution in [3.8, 4) is 16.9 Å². The number of pyridine rings is 1. The topological polar surface area (TPSA) is 22.1 Å². The minimum atomic E-state index is -0.266. The largest absolute Gasteiger partial charge is 0.496 e. The van der Waals surface area contributed by atoms with Gasteiger partial charge in [0.1, 0.15) is 11.6 Å². The highest BCUT2D eigenvalue weighted by Crippen LogP contribution is 2.37. The van der Waals surface area contributed by atoms with Gasteiger partial charge in [0, 0.05) is 28.9 Å². The minimum absolute atomic E-state index is 0.266. The number of rotatable bonds is 2. The molecule has 112 valence electrons. The zero-order chi connectivity index (χ0) is 15.8. The van der Waals surface area contributed by atoms with Crippen LogP contribution in [0.15, 0.2) is 67.0 Å². The van der Waals surface area contributed by atoms with E-state index in [2.05, 4.69) is 4.98 Å². The lowest BCUT2D eigenvalue weighted by Gasteiger charge is -2.12. The number of aromatic nitrogens is 1. The molecule has 0 saturated heterocycles. The molecule has 0 radical (unpaired) electrons. The number of halogens is 1. The summed E-state index contributed by atoms with van der Waals surface area (Å²) in [6.07, 6.45) is 3.41. The van der Waals surface area contributed by atoms with E-state index in [4.69, 9.17) is 4.74 Å². The van der Waals surface area contributed by atoms with Crippen LogP contribution in [-0.4, -0.2) is 12.1 Å². The lowest BCUT2D eigenvalue weighted by atomic mass is 9.97. The zero-order valence-corrected chi connectivity index (χ0v) is 12.6. The van der Waals surface area contributed by atoms with Gasteiger partial charge in [-0.1, -0.05) is 24.3 Å². The van der Waals surface area contributed by atoms with E-state index in [1.54, 1.807) is 31.6 Å². The smallest absolute Gasteiger partial charge is 0.131 e. The fourth-order valence-corrected chi connectivity index (χ4v) is 2.91. The molecule has 0 bridgehead atoms. The molecule has 0 atom stereocenters. The second-order valence-electron chi connectivity index (χ2n) is 5.45. The zero-order valence-electron chi connectivity index (χ0n) is 12.6. The van der Waals surface area contributed by atoms with Gasteiger partial charge in [0.25, 0.3) is 0 Å². The first-order valence-electron chi connectivity index (χ1n) is 7.37. The Labute approximate surface area is 133 Å². The standard InChI is InChI=1S/C20H14FNO/c1-23-20-11-14-5-3-2-4-13(14)8-18(20)17-9-16-12-22-7-6-15(16)10-19(17)21/h2-12H,1H3. The predicted molar refractivity (Wildman–Crippen MR) is 91.2 cm³/mol. The molecule has 0 amide bonds. The summed E-state index contributed by atoms with van der Waals surface area (Å²) in [7, 11) is 1.61. The highest BCUT2D eigenvalue weighted by atomic mass is 19.1. The van der Waals surface area contributed by atoms with Gasteiger partial charge in [-0.05, 0) is 46.5 Å². The summed E-state index contributed by atoms with van der Waals surface area (Å²) >= 11 is 0. The van der Waals surface area contributed by atoms with Crippen LogP contribution in [0.25, 0.3) is 32.7 Å². The summed E-state index contributed by atoms with van der Waals surface area (Å²) in [5.41, 5.74) is 1.27. The third kappa shape index (κ3) is 2.30. The van der Waals surface area contributed by atoms with Crippen LogP contribution < -0.4 is 4.74 Å². The molecule has 4 aromatic rings. The summed E-state index contributed by atoms with van der Waals surface area (Å²) in [6, 6.07) is 17.1. The summed E-state index contributed by atoms with van der Waals surface area (Å²) in [4.78, 5) is 4.12. The van der Waals surface area contributed by atoms with Crippen LogP contribution in [0.2, 0.25) is 0 Å². The molecule has 0 aliphatic heterocycles. The van der Waals surface area contributed by atoms with Crippen molar-refractivity contribution in [3.05, 3.63) is 72.8 Å². The fraction of sp³-hybridized carbons (Fsp3) is 0.0500. The van der Waals surface area contributed by atoms with E-state index in [9.17, 15) is 4.39 Å². The molecule has 0 saturated carbocycles. The monoisotopic (exact) mass is 303 g/mol. The van der Waals surface area contributed by atoms with Gasteiger partial charge in [-0.25, -0.2) is 4.39 Å². The molecular formula is C20H14FNO. The average Bonchev–Trinajstić information content (AvgIpc) is 2.60. The number of methoxy groups -OCH3 is 1. The van der Waals surface area contributed by atoms with Crippen molar-refractivity contribution in [2.45, 2.75) is 0 Å². The molecule has 0 unspecified atom stereocenters. The second kappa shape index (κ2) is 5.36. The van der Waals surface area contributed by atoms with Crippen LogP contribution in [0.3, 0.4) is 0 Å².